The lowest BCUT2D eigenvalue weighted by Crippen LogP contribution is -2.49. The number of nitrogens with one attached hydrogen (secondary N) is 2. The Balaban J connectivity index is 1.42. The van der Waals surface area contributed by atoms with Crippen LogP contribution in [0, 0.1) is 17.8 Å². The lowest BCUT2D eigenvalue weighted by atomic mass is 9.53. The van der Waals surface area contributed by atoms with Crippen molar-refractivity contribution in [3.63, 3.8) is 0 Å². The summed E-state index contributed by atoms with van der Waals surface area (Å²) < 4.78 is 0. The van der Waals surface area contributed by atoms with Gasteiger partial charge in [0, 0.05) is 24.7 Å². The number of hydrogen-bond acceptors (Lipinski definition) is 6. The normalized spacial score (nSPS) is 28.4. The summed E-state index contributed by atoms with van der Waals surface area (Å²) in [5.74, 6) is 0.571. The predicted molar refractivity (Wildman–Crippen MR) is 168 cm³/mol. The minimum atomic E-state index is -0.186. The summed E-state index contributed by atoms with van der Waals surface area (Å²) in [6, 6.07) is 0.109. The number of nitrogens with two attached hydrogens (primary N) is 1. The molecule has 0 aromatic carbocycles. The third-order valence-corrected chi connectivity index (χ3v) is 9.32. The Bertz CT molecular complexity index is 1280. The topological polar surface area (TPSA) is 109 Å². The number of amides is 1. The molecule has 2 bridgehead atoms. The number of nitrogens with zero attached hydrogens (tertiary/aromatic N) is 4. The maximum atomic E-state index is 13.5. The Kier molecular flexibility index (Phi) is 9.20. The van der Waals surface area contributed by atoms with Gasteiger partial charge in [0.1, 0.15) is 17.9 Å². The maximum Gasteiger partial charge on any atom is 0.272 e. The van der Waals surface area contributed by atoms with Gasteiger partial charge in [-0.1, -0.05) is 49.1 Å². The van der Waals surface area contributed by atoms with Crippen LogP contribution < -0.4 is 21.5 Å². The van der Waals surface area contributed by atoms with Crippen LogP contribution in [-0.2, 0) is 0 Å². The molecule has 1 unspecified atom stereocenters. The van der Waals surface area contributed by atoms with E-state index in [1.165, 1.54) is 6.33 Å². The van der Waals surface area contributed by atoms with E-state index in [0.29, 0.717) is 23.6 Å². The van der Waals surface area contributed by atoms with Gasteiger partial charge < -0.3 is 11.1 Å². The second-order valence-electron chi connectivity index (χ2n) is 12.4. The first-order chi connectivity index (χ1) is 19.4. The number of carbonyl (C=O) groups is 1. The fraction of sp³-hybridized carbons (Fsp3) is 0.515. The lowest BCUT2D eigenvalue weighted by molar-refractivity contribution is 0.0145. The summed E-state index contributed by atoms with van der Waals surface area (Å²) in [6.07, 6.45) is 16.8. The van der Waals surface area contributed by atoms with Gasteiger partial charge in [-0.25, -0.2) is 9.97 Å². The summed E-state index contributed by atoms with van der Waals surface area (Å²) in [4.78, 5) is 27.2. The van der Waals surface area contributed by atoms with Crippen molar-refractivity contribution in [2.75, 3.05) is 18.6 Å². The van der Waals surface area contributed by atoms with Gasteiger partial charge in [0.15, 0.2) is 5.69 Å². The van der Waals surface area contributed by atoms with E-state index in [1.807, 2.05) is 27.8 Å². The van der Waals surface area contributed by atoms with Gasteiger partial charge in [-0.05, 0) is 89.5 Å². The third kappa shape index (κ3) is 6.97. The lowest BCUT2D eigenvalue weighted by Gasteiger charge is -2.53. The largest absolute Gasteiger partial charge is 0.402 e. The summed E-state index contributed by atoms with van der Waals surface area (Å²) in [5, 5.41) is 5.01. The van der Waals surface area contributed by atoms with Gasteiger partial charge in [0.2, 0.25) is 0 Å². The molecule has 4 aliphatic rings. The molecule has 0 aliphatic heterocycles. The standard InChI is InChI=1S/C33H47N7O/c1-22(2)27-9-8-10-28(12-11-23(3)19-27)38-26(6)39-40(7)30-24(4)36-21-37-29(30)31(41)35-20-32-13-16-33(17-14-32,18-15-32)25(5)34/h8-9,19,21,28H,1,3,5,10-18,20,34H2,2,4,6-7H3,(H,35,41)(H,38,39)/b9-8-,27-19+. The Labute approximate surface area is 245 Å². The van der Waals surface area contributed by atoms with Gasteiger partial charge in [-0.3, -0.25) is 20.2 Å². The van der Waals surface area contributed by atoms with Crippen LogP contribution >= 0.6 is 0 Å². The van der Waals surface area contributed by atoms with Crippen molar-refractivity contribution >= 4 is 17.4 Å². The molecule has 1 heterocycles. The zero-order valence-electron chi connectivity index (χ0n) is 25.4. The van der Waals surface area contributed by atoms with Crippen LogP contribution in [0.1, 0.15) is 87.8 Å². The first kappa shape index (κ1) is 30.3. The molecule has 3 fully saturated rings. The number of rotatable bonds is 8. The summed E-state index contributed by atoms with van der Waals surface area (Å²) in [6.45, 7) is 18.8. The van der Waals surface area contributed by atoms with E-state index in [0.717, 1.165) is 86.0 Å². The number of aromatic nitrogens is 2. The predicted octanol–water partition coefficient (Wildman–Crippen LogP) is 5.85. The van der Waals surface area contributed by atoms with Crippen molar-refractivity contribution in [1.82, 2.24) is 20.7 Å². The molecule has 41 heavy (non-hydrogen) atoms. The number of aliphatic imine (C=N–C) groups is 1. The minimum Gasteiger partial charge on any atom is -0.402 e. The van der Waals surface area contributed by atoms with Gasteiger partial charge >= 0.3 is 0 Å². The molecule has 1 aromatic heterocycles. The minimum absolute atomic E-state index is 0.0976. The van der Waals surface area contributed by atoms with Crippen molar-refractivity contribution in [1.29, 1.82) is 0 Å². The second kappa shape index (κ2) is 12.5. The van der Waals surface area contributed by atoms with Crippen molar-refractivity contribution in [2.24, 2.45) is 21.6 Å². The molecule has 1 atom stereocenters. The highest BCUT2D eigenvalue weighted by Crippen LogP contribution is 2.58. The number of fused-ring (bicyclic) bond motifs is 3. The summed E-state index contributed by atoms with van der Waals surface area (Å²) in [5.41, 5.74) is 15.5. The van der Waals surface area contributed by atoms with Gasteiger partial charge in [0.25, 0.3) is 5.91 Å². The molecule has 0 saturated heterocycles. The molecule has 8 nitrogen and oxygen atoms in total. The van der Waals surface area contributed by atoms with Crippen molar-refractivity contribution in [3.8, 4) is 0 Å². The highest BCUT2D eigenvalue weighted by Gasteiger charge is 2.49. The van der Waals surface area contributed by atoms with Crippen LogP contribution in [0.3, 0.4) is 0 Å². The van der Waals surface area contributed by atoms with Crippen LogP contribution in [0.5, 0.6) is 0 Å². The van der Waals surface area contributed by atoms with Crippen LogP contribution in [0.4, 0.5) is 5.69 Å². The molecule has 5 rings (SSSR count). The van der Waals surface area contributed by atoms with Crippen molar-refractivity contribution in [2.45, 2.75) is 84.6 Å². The van der Waals surface area contributed by atoms with Crippen LogP contribution in [0.15, 0.2) is 71.7 Å². The fourth-order valence-corrected chi connectivity index (χ4v) is 6.54. The first-order valence-corrected chi connectivity index (χ1v) is 14.7. The zero-order chi connectivity index (χ0) is 29.8. The maximum absolute atomic E-state index is 13.5. The molecule has 1 aromatic rings. The van der Waals surface area contributed by atoms with E-state index in [1.54, 1.807) is 5.01 Å². The number of anilines is 1. The van der Waals surface area contributed by atoms with E-state index < -0.39 is 0 Å². The quantitative estimate of drug-likeness (QED) is 0.210. The Morgan fingerprint density at radius 3 is 2.49 bits per heavy atom. The zero-order valence-corrected chi connectivity index (χ0v) is 25.4. The van der Waals surface area contributed by atoms with E-state index in [-0.39, 0.29) is 22.8 Å². The molecule has 8 heteroatoms. The highest BCUT2D eigenvalue weighted by atomic mass is 16.1. The van der Waals surface area contributed by atoms with Crippen LogP contribution in [-0.4, -0.2) is 41.3 Å². The van der Waals surface area contributed by atoms with Crippen molar-refractivity contribution in [3.05, 3.63) is 78.1 Å². The molecule has 4 aliphatic carbocycles. The number of hydrazine groups is 1. The van der Waals surface area contributed by atoms with Crippen LogP contribution in [0.25, 0.3) is 0 Å². The molecular formula is C33H47N7O. The van der Waals surface area contributed by atoms with Crippen molar-refractivity contribution < 1.29 is 4.79 Å². The monoisotopic (exact) mass is 557 g/mol. The van der Waals surface area contributed by atoms with E-state index >= 15 is 0 Å². The second-order valence-corrected chi connectivity index (χ2v) is 12.4. The van der Waals surface area contributed by atoms with E-state index in [4.69, 9.17) is 10.7 Å². The summed E-state index contributed by atoms with van der Waals surface area (Å²) in [7, 11) is 1.87. The fourth-order valence-electron chi connectivity index (χ4n) is 6.54. The van der Waals surface area contributed by atoms with E-state index in [9.17, 15) is 4.79 Å². The number of carbonyl (C=O) groups excluding carboxylic acids is 1. The third-order valence-electron chi connectivity index (χ3n) is 9.32. The molecule has 1 amide bonds. The number of allylic oxidation sites excluding steroid dienone is 6. The Morgan fingerprint density at radius 1 is 1.17 bits per heavy atom. The smallest absolute Gasteiger partial charge is 0.272 e. The molecule has 0 radical (unpaired) electrons. The molecular weight excluding hydrogens is 510 g/mol. The molecule has 4 N–H and O–H groups in total. The first-order valence-electron chi connectivity index (χ1n) is 14.7. The average Bonchev–Trinajstić information content (AvgIpc) is 3.03. The molecule has 0 spiro atoms. The highest BCUT2D eigenvalue weighted by molar-refractivity contribution is 5.98. The van der Waals surface area contributed by atoms with Gasteiger partial charge in [-0.2, -0.15) is 0 Å². The van der Waals surface area contributed by atoms with Gasteiger partial charge in [-0.15, -0.1) is 0 Å². The molecule has 220 valence electrons. The van der Waals surface area contributed by atoms with Crippen LogP contribution in [0.2, 0.25) is 0 Å². The summed E-state index contributed by atoms with van der Waals surface area (Å²) >= 11 is 0. The van der Waals surface area contributed by atoms with E-state index in [2.05, 4.69) is 58.7 Å². The Morgan fingerprint density at radius 2 is 1.85 bits per heavy atom. The number of aryl methyl sites for hydroxylation is 1. The average molecular weight is 558 g/mol. The molecule has 3 saturated carbocycles. The Hall–Kier alpha value is -3.68. The van der Waals surface area contributed by atoms with Gasteiger partial charge in [0.05, 0.1) is 11.7 Å². The number of amidine groups is 1. The number of hydrogen-bond donors (Lipinski definition) is 3. The SMILES string of the molecule is C=C1/C=C(C(=C)C)\C=C/CC(N=C(C)NN(C)c2c(C)ncnc2C(=O)NCC23CCC(C(=C)N)(CC2)CC3)CC1.